The molecule has 1 aliphatic rings. The van der Waals surface area contributed by atoms with Crippen LogP contribution < -0.4 is 0 Å². The molecule has 0 aromatic heterocycles. The quantitative estimate of drug-likeness (QED) is 0.263. The van der Waals surface area contributed by atoms with E-state index in [2.05, 4.69) is 78.9 Å². The number of benzene rings is 3. The van der Waals surface area contributed by atoms with Crippen LogP contribution in [0.3, 0.4) is 0 Å². The maximum Gasteiger partial charge on any atom is 0.673 e. The Bertz CT molecular complexity index is 833. The van der Waals surface area contributed by atoms with Gasteiger partial charge in [0.2, 0.25) is 0 Å². The minimum atomic E-state index is -6.00. The van der Waals surface area contributed by atoms with E-state index in [1.54, 1.807) is 0 Å². The third-order valence-corrected chi connectivity index (χ3v) is 7.68. The highest BCUT2D eigenvalue weighted by Gasteiger charge is 2.34. The van der Waals surface area contributed by atoms with Gasteiger partial charge in [-0.25, -0.2) is 0 Å². The molecule has 0 saturated heterocycles. The average molecular weight is 408 g/mol. The molecule has 0 saturated carbocycles. The Labute approximate surface area is 163 Å². The Morgan fingerprint density at radius 3 is 1.63 bits per heavy atom. The van der Waals surface area contributed by atoms with Gasteiger partial charge in [0.05, 0.1) is 20.7 Å². The normalized spacial score (nSPS) is 13.2. The van der Waals surface area contributed by atoms with E-state index in [9.17, 15) is 17.3 Å². The fourth-order valence-electron chi connectivity index (χ4n) is 2.80. The van der Waals surface area contributed by atoms with E-state index in [0.29, 0.717) is 0 Å². The van der Waals surface area contributed by atoms with E-state index in [-0.39, 0.29) is 10.9 Å². The molecule has 0 nitrogen and oxygen atoms in total. The lowest BCUT2D eigenvalue weighted by Gasteiger charge is -2.19. The molecule has 3 aromatic rings. The minimum absolute atomic E-state index is 0.184. The fraction of sp³-hybridized carbons (Fsp3) is 0.100. The summed E-state index contributed by atoms with van der Waals surface area (Å²) in [5.41, 5.74) is 1.43. The summed E-state index contributed by atoms with van der Waals surface area (Å²) in [7, 11) is -5.82. The van der Waals surface area contributed by atoms with Crippen LogP contribution in [-0.2, 0) is 17.3 Å². The lowest BCUT2D eigenvalue weighted by atomic mass is 10.2. The second-order valence-electron chi connectivity index (χ2n) is 5.82. The molecule has 7 heteroatoms. The fourth-order valence-corrected chi connectivity index (χ4v) is 6.74. The highest BCUT2D eigenvalue weighted by molar-refractivity contribution is 8.04. The molecule has 0 radical (unpaired) electrons. The third-order valence-electron chi connectivity index (χ3n) is 3.89. The highest BCUT2D eigenvalue weighted by atomic mass is 32.2. The maximum absolute atomic E-state index is 9.75. The predicted octanol–water partition coefficient (Wildman–Crippen LogP) is 6.73. The van der Waals surface area contributed by atoms with Gasteiger partial charge < -0.3 is 17.3 Å². The first kappa shape index (κ1) is 19.9. The van der Waals surface area contributed by atoms with Crippen molar-refractivity contribution in [2.24, 2.45) is 0 Å². The lowest BCUT2D eigenvalue weighted by molar-refractivity contribution is 0.368. The first-order valence-electron chi connectivity index (χ1n) is 8.40. The summed E-state index contributed by atoms with van der Waals surface area (Å²) in [5.74, 6) is 1.19. The molecule has 0 amide bonds. The Balaban J connectivity index is 0.000000376. The smallest absolute Gasteiger partial charge is 0.418 e. The van der Waals surface area contributed by atoms with E-state index >= 15 is 0 Å². The van der Waals surface area contributed by atoms with Crippen molar-refractivity contribution in [2.45, 2.75) is 26.0 Å². The van der Waals surface area contributed by atoms with Gasteiger partial charge in [-0.15, -0.1) is 0 Å². The van der Waals surface area contributed by atoms with Gasteiger partial charge in [0.25, 0.3) is 0 Å². The van der Waals surface area contributed by atoms with E-state index in [1.807, 2.05) is 11.8 Å². The summed E-state index contributed by atoms with van der Waals surface area (Å²) < 4.78 is 39.0. The van der Waals surface area contributed by atoms with Crippen molar-refractivity contribution in [3.05, 3.63) is 84.4 Å². The molecule has 1 aliphatic heterocycles. The summed E-state index contributed by atoms with van der Waals surface area (Å²) in [6.45, 7) is 0. The Morgan fingerprint density at radius 2 is 1.11 bits per heavy atom. The van der Waals surface area contributed by atoms with Gasteiger partial charge in [-0.3, -0.25) is 0 Å². The number of aryl methyl sites for hydroxylation is 1. The number of rotatable bonds is 3. The zero-order valence-electron chi connectivity index (χ0n) is 14.3. The molecule has 140 valence electrons. The minimum Gasteiger partial charge on any atom is -0.418 e. The van der Waals surface area contributed by atoms with Crippen LogP contribution >= 0.6 is 11.8 Å². The molecule has 1 heterocycles. The van der Waals surface area contributed by atoms with Crippen molar-refractivity contribution in [3.63, 3.8) is 0 Å². The molecule has 0 aliphatic carbocycles. The first-order valence-corrected chi connectivity index (χ1v) is 10.6. The van der Waals surface area contributed by atoms with Crippen LogP contribution in [0.4, 0.5) is 17.3 Å². The Hall–Kier alpha value is -1.86. The SMILES string of the molecule is F[B-](F)(F)F.c1ccc(CC[S+]2c3ccccc3Sc3ccccc32)cc1. The molecule has 3 aromatic carbocycles. The van der Waals surface area contributed by atoms with Crippen LogP contribution in [0.15, 0.2) is 98.4 Å². The zero-order chi connectivity index (χ0) is 19.3. The van der Waals surface area contributed by atoms with E-state index < -0.39 is 7.25 Å². The van der Waals surface area contributed by atoms with Crippen LogP contribution in [0.5, 0.6) is 0 Å². The van der Waals surface area contributed by atoms with Crippen LogP contribution in [0.2, 0.25) is 0 Å². The van der Waals surface area contributed by atoms with E-state index in [4.69, 9.17) is 0 Å². The number of hydrogen-bond donors (Lipinski definition) is 0. The van der Waals surface area contributed by atoms with Gasteiger partial charge in [0.15, 0.2) is 9.79 Å². The van der Waals surface area contributed by atoms with Crippen molar-refractivity contribution in [2.75, 3.05) is 5.75 Å². The summed E-state index contributed by atoms with van der Waals surface area (Å²) in [5, 5.41) is 0. The standard InChI is InChI=1S/C20H17S2.BF4/c1-2-8-16(9-3-1)14-15-22-19-12-6-4-10-17(19)21-18-11-5-7-13-20(18)22;2-1(3,4)5/h1-13H,14-15H2;/q+1;-1. The van der Waals surface area contributed by atoms with Crippen molar-refractivity contribution in [1.29, 1.82) is 0 Å². The predicted molar refractivity (Wildman–Crippen MR) is 106 cm³/mol. The van der Waals surface area contributed by atoms with Gasteiger partial charge >= 0.3 is 7.25 Å². The van der Waals surface area contributed by atoms with Crippen molar-refractivity contribution in [1.82, 2.24) is 0 Å². The van der Waals surface area contributed by atoms with Crippen LogP contribution in [0.25, 0.3) is 0 Å². The van der Waals surface area contributed by atoms with Gasteiger partial charge in [-0.1, -0.05) is 66.4 Å². The molecule has 0 spiro atoms. The third kappa shape index (κ3) is 5.81. The first-order chi connectivity index (χ1) is 12.9. The summed E-state index contributed by atoms with van der Waals surface area (Å²) in [6.07, 6.45) is 1.14. The molecule has 0 atom stereocenters. The molecule has 0 N–H and O–H groups in total. The monoisotopic (exact) mass is 408 g/mol. The van der Waals surface area contributed by atoms with Crippen LogP contribution in [0.1, 0.15) is 5.56 Å². The lowest BCUT2D eigenvalue weighted by Crippen LogP contribution is -2.15. The topological polar surface area (TPSA) is 0 Å². The second-order valence-corrected chi connectivity index (χ2v) is 8.97. The number of fused-ring (bicyclic) bond motifs is 2. The zero-order valence-corrected chi connectivity index (χ0v) is 16.0. The van der Waals surface area contributed by atoms with Crippen molar-refractivity contribution in [3.8, 4) is 0 Å². The summed E-state index contributed by atoms with van der Waals surface area (Å²) in [6, 6.07) is 28.6. The highest BCUT2D eigenvalue weighted by Crippen LogP contribution is 2.45. The average Bonchev–Trinajstić information content (AvgIpc) is 2.64. The second kappa shape index (κ2) is 8.89. The van der Waals surface area contributed by atoms with Gasteiger partial charge in [0.1, 0.15) is 5.75 Å². The molecular weight excluding hydrogens is 391 g/mol. The molecule has 0 unspecified atom stereocenters. The maximum atomic E-state index is 9.75. The molecule has 27 heavy (non-hydrogen) atoms. The van der Waals surface area contributed by atoms with Gasteiger partial charge in [-0.05, 0) is 29.8 Å². The molecule has 4 rings (SSSR count). The number of hydrogen-bond acceptors (Lipinski definition) is 1. The van der Waals surface area contributed by atoms with E-state index in [0.717, 1.165) is 6.42 Å². The van der Waals surface area contributed by atoms with Crippen molar-refractivity contribution < 1.29 is 17.3 Å². The van der Waals surface area contributed by atoms with Gasteiger partial charge in [-0.2, -0.15) is 0 Å². The van der Waals surface area contributed by atoms with Crippen LogP contribution in [-0.4, -0.2) is 13.0 Å². The van der Waals surface area contributed by atoms with Crippen molar-refractivity contribution >= 4 is 29.9 Å². The Morgan fingerprint density at radius 1 is 0.667 bits per heavy atom. The number of halogens is 4. The van der Waals surface area contributed by atoms with E-state index in [1.165, 1.54) is 30.9 Å². The summed E-state index contributed by atoms with van der Waals surface area (Å²) in [4.78, 5) is 5.89. The molecule has 0 fully saturated rings. The summed E-state index contributed by atoms with van der Waals surface area (Å²) >= 11 is 1.91. The Kier molecular flexibility index (Phi) is 6.55. The van der Waals surface area contributed by atoms with Crippen LogP contribution in [0, 0.1) is 0 Å². The van der Waals surface area contributed by atoms with Gasteiger partial charge in [0, 0.05) is 6.42 Å². The largest absolute Gasteiger partial charge is 0.673 e. The molecular formula is C20H17BF4S2. The molecule has 0 bridgehead atoms.